The maximum atomic E-state index is 13.5. The largest absolute Gasteiger partial charge is 0.454 e. The third-order valence-electron chi connectivity index (χ3n) is 7.08. The molecule has 3 aliphatic rings. The van der Waals surface area contributed by atoms with E-state index in [2.05, 4.69) is 5.43 Å². The Labute approximate surface area is 219 Å². The second-order valence-electron chi connectivity index (χ2n) is 9.94. The number of alkyl halides is 6. The fraction of sp³-hybridized carbons (Fsp3) is 0.536. The van der Waals surface area contributed by atoms with Gasteiger partial charge in [0.2, 0.25) is 5.66 Å². The summed E-state index contributed by atoms with van der Waals surface area (Å²) >= 11 is 0. The molecule has 38 heavy (non-hydrogen) atoms. The lowest BCUT2D eigenvalue weighted by atomic mass is 9.93. The van der Waals surface area contributed by atoms with Crippen molar-refractivity contribution < 1.29 is 31.1 Å². The van der Waals surface area contributed by atoms with Gasteiger partial charge in [0, 0.05) is 17.6 Å². The van der Waals surface area contributed by atoms with E-state index in [4.69, 9.17) is 5.73 Å². The first kappa shape index (κ1) is 30.1. The molecule has 3 fully saturated rings. The Morgan fingerprint density at radius 1 is 0.763 bits per heavy atom. The molecule has 10 heteroatoms. The molecule has 4 nitrogen and oxygen atoms in total. The molecule has 0 spiro atoms. The van der Waals surface area contributed by atoms with E-state index in [0.29, 0.717) is 6.04 Å². The molecule has 3 N–H and O–H groups in total. The fourth-order valence-electron chi connectivity index (χ4n) is 4.99. The summed E-state index contributed by atoms with van der Waals surface area (Å²) in [5.74, 6) is -1.80. The van der Waals surface area contributed by atoms with E-state index in [0.717, 1.165) is 44.2 Å². The van der Waals surface area contributed by atoms with Crippen molar-refractivity contribution in [3.63, 3.8) is 0 Å². The zero-order valence-corrected chi connectivity index (χ0v) is 21.2. The molecule has 2 aromatic rings. The highest BCUT2D eigenvalue weighted by Gasteiger charge is 2.72. The Balaban J connectivity index is 0.000000179. The number of benzene rings is 2. The number of ketones is 1. The van der Waals surface area contributed by atoms with Crippen LogP contribution in [0.1, 0.15) is 80.1 Å². The summed E-state index contributed by atoms with van der Waals surface area (Å²) in [6.45, 7) is 0. The summed E-state index contributed by atoms with van der Waals surface area (Å²) < 4.78 is 75.8. The number of nitrogens with two attached hydrogens (primary N) is 1. The molecule has 2 atom stereocenters. The summed E-state index contributed by atoms with van der Waals surface area (Å²) in [7, 11) is 0. The monoisotopic (exact) mass is 543 g/mol. The Hall–Kier alpha value is -2.43. The van der Waals surface area contributed by atoms with Crippen LogP contribution in [0.3, 0.4) is 0 Å². The third-order valence-corrected chi connectivity index (χ3v) is 7.08. The van der Waals surface area contributed by atoms with Crippen molar-refractivity contribution in [2.45, 2.75) is 94.3 Å². The average Bonchev–Trinajstić information content (AvgIpc) is 3.68. The van der Waals surface area contributed by atoms with Crippen molar-refractivity contribution in [2.75, 3.05) is 0 Å². The quantitative estimate of drug-likeness (QED) is 0.243. The SMILES string of the molecule is FC(F)(F)C1(c2ccccc2)NN1C1CCCCC1.NC1CCCCC1.O=C(c1ccccc1)C(F)(F)F. The van der Waals surface area contributed by atoms with Crippen molar-refractivity contribution in [1.29, 1.82) is 0 Å². The number of carbonyl (C=O) groups excluding carboxylic acids is 1. The second-order valence-corrected chi connectivity index (χ2v) is 9.94. The van der Waals surface area contributed by atoms with Gasteiger partial charge in [-0.15, -0.1) is 0 Å². The van der Waals surface area contributed by atoms with Crippen LogP contribution in [-0.4, -0.2) is 35.2 Å². The van der Waals surface area contributed by atoms with E-state index < -0.39 is 23.8 Å². The number of Topliss-reactive ketones (excluding diaryl/α,β-unsaturated/α-hetero) is 1. The maximum Gasteiger partial charge on any atom is 0.454 e. The van der Waals surface area contributed by atoms with Crippen LogP contribution < -0.4 is 11.2 Å². The van der Waals surface area contributed by atoms with Crippen molar-refractivity contribution in [2.24, 2.45) is 5.73 Å². The zero-order valence-electron chi connectivity index (χ0n) is 21.2. The first-order chi connectivity index (χ1) is 18.0. The lowest BCUT2D eigenvalue weighted by Gasteiger charge is -2.26. The first-order valence-electron chi connectivity index (χ1n) is 13.1. The van der Waals surface area contributed by atoms with Crippen molar-refractivity contribution in [3.05, 3.63) is 71.8 Å². The number of hydrogen-bond acceptors (Lipinski definition) is 4. The van der Waals surface area contributed by atoms with Crippen LogP contribution in [0.25, 0.3) is 0 Å². The molecular formula is C28H35F6N3O. The summed E-state index contributed by atoms with van der Waals surface area (Å²) in [6, 6.07) is 15.3. The molecule has 1 aliphatic heterocycles. The van der Waals surface area contributed by atoms with E-state index in [9.17, 15) is 31.1 Å². The van der Waals surface area contributed by atoms with E-state index in [1.54, 1.807) is 36.4 Å². The van der Waals surface area contributed by atoms with Gasteiger partial charge in [-0.25, -0.2) is 10.4 Å². The molecule has 2 aliphatic carbocycles. The smallest absolute Gasteiger partial charge is 0.328 e. The lowest BCUT2D eigenvalue weighted by molar-refractivity contribution is -0.178. The van der Waals surface area contributed by atoms with Crippen LogP contribution in [0, 0.1) is 0 Å². The standard InChI is InChI=1S/C14H17F3N2.C8H5F3O.C6H13N/c15-14(16,17)13(11-7-3-1-4-8-11)18-19(13)12-9-5-2-6-10-12;9-8(10,11)7(12)6-4-2-1-3-5-6;7-6-4-2-1-3-5-6/h1,3-4,7-8,12,18H,2,5-6,9-10H2;1-5H;6H,1-5,7H2. The Morgan fingerprint density at radius 3 is 1.66 bits per heavy atom. The second kappa shape index (κ2) is 13.1. The van der Waals surface area contributed by atoms with Gasteiger partial charge < -0.3 is 5.73 Å². The van der Waals surface area contributed by atoms with E-state index in [1.807, 2.05) is 0 Å². The van der Waals surface area contributed by atoms with Gasteiger partial charge >= 0.3 is 12.4 Å². The predicted octanol–water partition coefficient (Wildman–Crippen LogP) is 7.26. The summed E-state index contributed by atoms with van der Waals surface area (Å²) in [6.07, 6.45) is 2.45. The zero-order chi connectivity index (χ0) is 27.8. The molecular weight excluding hydrogens is 508 g/mol. The molecule has 2 aromatic carbocycles. The molecule has 2 unspecified atom stereocenters. The Morgan fingerprint density at radius 2 is 1.24 bits per heavy atom. The number of nitrogens with one attached hydrogen (secondary N) is 1. The van der Waals surface area contributed by atoms with Gasteiger partial charge in [0.05, 0.1) is 0 Å². The van der Waals surface area contributed by atoms with E-state index in [1.165, 1.54) is 49.2 Å². The van der Waals surface area contributed by atoms with E-state index in [-0.39, 0.29) is 17.2 Å². The van der Waals surface area contributed by atoms with Gasteiger partial charge in [-0.1, -0.05) is 99.2 Å². The fourth-order valence-corrected chi connectivity index (χ4v) is 4.99. The van der Waals surface area contributed by atoms with Crippen LogP contribution in [0.5, 0.6) is 0 Å². The van der Waals surface area contributed by atoms with Crippen LogP contribution in [0.2, 0.25) is 0 Å². The van der Waals surface area contributed by atoms with Crippen LogP contribution in [-0.2, 0) is 5.66 Å². The maximum absolute atomic E-state index is 13.5. The normalized spacial score (nSPS) is 24.3. The van der Waals surface area contributed by atoms with Crippen LogP contribution in [0.15, 0.2) is 60.7 Å². The van der Waals surface area contributed by atoms with Gasteiger partial charge in [0.1, 0.15) is 0 Å². The van der Waals surface area contributed by atoms with E-state index >= 15 is 0 Å². The highest BCUT2D eigenvalue weighted by molar-refractivity contribution is 6.00. The van der Waals surface area contributed by atoms with Gasteiger partial charge in [-0.2, -0.15) is 26.3 Å². The highest BCUT2D eigenvalue weighted by atomic mass is 19.4. The average molecular weight is 544 g/mol. The number of rotatable bonds is 3. The molecule has 5 rings (SSSR count). The summed E-state index contributed by atoms with van der Waals surface area (Å²) in [5, 5.41) is 1.42. The lowest BCUT2D eigenvalue weighted by Crippen LogP contribution is -2.38. The molecule has 0 amide bonds. The van der Waals surface area contributed by atoms with Crippen molar-refractivity contribution >= 4 is 5.78 Å². The number of carbonyl (C=O) groups is 1. The number of halogens is 6. The molecule has 1 heterocycles. The number of nitrogens with zero attached hydrogens (tertiary/aromatic N) is 1. The van der Waals surface area contributed by atoms with Crippen LogP contribution in [0.4, 0.5) is 26.3 Å². The minimum absolute atomic E-state index is 0.00409. The highest BCUT2D eigenvalue weighted by Crippen LogP contribution is 2.52. The summed E-state index contributed by atoms with van der Waals surface area (Å²) in [4.78, 5) is 10.5. The number of hydrazine groups is 1. The third kappa shape index (κ3) is 7.80. The summed E-state index contributed by atoms with van der Waals surface area (Å²) in [5.41, 5.74) is 6.25. The van der Waals surface area contributed by atoms with Crippen molar-refractivity contribution in [3.8, 4) is 0 Å². The Kier molecular flexibility index (Phi) is 10.4. The molecule has 0 radical (unpaired) electrons. The van der Waals surface area contributed by atoms with Gasteiger partial charge in [0.25, 0.3) is 5.78 Å². The van der Waals surface area contributed by atoms with Gasteiger partial charge in [-0.3, -0.25) is 4.79 Å². The molecule has 0 bridgehead atoms. The Bertz CT molecular complexity index is 987. The van der Waals surface area contributed by atoms with Crippen LogP contribution >= 0.6 is 0 Å². The minimum Gasteiger partial charge on any atom is -0.328 e. The molecule has 0 aromatic heterocycles. The predicted molar refractivity (Wildman–Crippen MR) is 134 cm³/mol. The molecule has 210 valence electrons. The molecule has 1 saturated heterocycles. The topological polar surface area (TPSA) is 68.0 Å². The molecule has 2 saturated carbocycles. The van der Waals surface area contributed by atoms with Gasteiger partial charge in [-0.05, 0) is 31.2 Å². The minimum atomic E-state index is -4.78. The first-order valence-corrected chi connectivity index (χ1v) is 13.1. The van der Waals surface area contributed by atoms with Crippen molar-refractivity contribution in [1.82, 2.24) is 10.4 Å². The van der Waals surface area contributed by atoms with Gasteiger partial charge in [0.15, 0.2) is 0 Å². The number of hydrogen-bond donors (Lipinski definition) is 2.